The normalized spacial score (nSPS) is 24.4. The van der Waals surface area contributed by atoms with Crippen molar-refractivity contribution < 1.29 is 22.7 Å². The number of unbranched alkanes of at least 4 members (excludes halogenated alkanes) is 1. The van der Waals surface area contributed by atoms with E-state index in [1.165, 1.54) is 25.9 Å². The van der Waals surface area contributed by atoms with Crippen molar-refractivity contribution in [2.24, 2.45) is 0 Å². The Bertz CT molecular complexity index is 2340. The summed E-state index contributed by atoms with van der Waals surface area (Å²) < 4.78 is 38.0. The molecule has 0 radical (unpaired) electrons. The molecule has 0 N–H and O–H groups in total. The van der Waals surface area contributed by atoms with E-state index in [0.717, 1.165) is 40.1 Å². The quantitative estimate of drug-likeness (QED) is 0.124. The van der Waals surface area contributed by atoms with Crippen molar-refractivity contribution in [2.45, 2.75) is 59.5 Å². The number of carbonyl (C=O) groups is 2. The Labute approximate surface area is 315 Å². The van der Waals surface area contributed by atoms with Crippen LogP contribution in [0.15, 0.2) is 114 Å². The van der Waals surface area contributed by atoms with Crippen molar-refractivity contribution in [1.29, 1.82) is 0 Å². The zero-order valence-electron chi connectivity index (χ0n) is 29.0. The maximum absolute atomic E-state index is 14.9. The van der Waals surface area contributed by atoms with Crippen molar-refractivity contribution in [2.75, 3.05) is 18.0 Å². The van der Waals surface area contributed by atoms with Gasteiger partial charge >= 0.3 is 0 Å². The molecule has 4 fully saturated rings. The van der Waals surface area contributed by atoms with Gasteiger partial charge in [0.05, 0.1) is 29.3 Å². The van der Waals surface area contributed by atoms with Gasteiger partial charge in [-0.2, -0.15) is 0 Å². The summed E-state index contributed by atoms with van der Waals surface area (Å²) in [6.45, 7) is 3.00. The molecule has 4 aromatic carbocycles. The number of hydrogen-bond donors (Lipinski definition) is 0. The number of para-hydroxylation sites is 1. The predicted molar refractivity (Wildman–Crippen MR) is 204 cm³/mol. The van der Waals surface area contributed by atoms with E-state index in [9.17, 15) is 18.0 Å². The highest BCUT2D eigenvalue weighted by Gasteiger charge is 2.77. The molecule has 270 valence electrons. The van der Waals surface area contributed by atoms with Crippen LogP contribution in [0.25, 0.3) is 11.3 Å². The highest BCUT2D eigenvalue weighted by atomic mass is 33.1. The number of carbonyl (C=O) groups excluding carboxylic acids is 2. The van der Waals surface area contributed by atoms with E-state index in [1.807, 2.05) is 85.9 Å². The molecule has 5 aliphatic heterocycles. The summed E-state index contributed by atoms with van der Waals surface area (Å²) >= 11 is 0. The number of rotatable bonds is 10. The molecule has 0 aliphatic carbocycles. The van der Waals surface area contributed by atoms with Crippen LogP contribution < -0.4 is 9.04 Å². The SMILES string of the molecule is COc1ccc(-c2cn(CCCCN3C(=O)[C@@]45C[C@]6(c7ccc(C)cc7)c7ccccc7N(S(=O)(=O)c7ccccc7)[C@@H]6N4C(=O)[C@@H]3SS5)nn2)cc1. The van der Waals surface area contributed by atoms with Crippen LogP contribution in [-0.4, -0.2) is 75.1 Å². The molecule has 4 saturated heterocycles. The first-order valence-electron chi connectivity index (χ1n) is 17.5. The lowest BCUT2D eigenvalue weighted by molar-refractivity contribution is -0.159. The second-order valence-corrected chi connectivity index (χ2v) is 18.2. The van der Waals surface area contributed by atoms with E-state index >= 15 is 0 Å². The minimum atomic E-state index is -4.17. The minimum Gasteiger partial charge on any atom is -0.497 e. The van der Waals surface area contributed by atoms with Crippen molar-refractivity contribution in [3.63, 3.8) is 0 Å². The number of aromatic nitrogens is 3. The number of nitrogens with zero attached hydrogens (tertiary/aromatic N) is 6. The molecule has 0 unspecified atom stereocenters. The Kier molecular flexibility index (Phi) is 8.13. The zero-order chi connectivity index (χ0) is 36.5. The molecule has 5 aliphatic rings. The molecular weight excluding hydrogens is 729 g/mol. The van der Waals surface area contributed by atoms with Gasteiger partial charge in [-0.1, -0.05) is 93.0 Å². The summed E-state index contributed by atoms with van der Waals surface area (Å²) in [5.74, 6) is 0.378. The first-order chi connectivity index (χ1) is 25.7. The van der Waals surface area contributed by atoms with E-state index in [2.05, 4.69) is 10.3 Å². The molecule has 1 spiro atoms. The van der Waals surface area contributed by atoms with E-state index < -0.39 is 31.8 Å². The number of anilines is 1. The van der Waals surface area contributed by atoms with Gasteiger partial charge in [-0.05, 0) is 73.4 Å². The van der Waals surface area contributed by atoms with Gasteiger partial charge in [-0.3, -0.25) is 19.2 Å². The van der Waals surface area contributed by atoms with Crippen molar-refractivity contribution in [3.05, 3.63) is 126 Å². The zero-order valence-corrected chi connectivity index (χ0v) is 31.5. The predicted octanol–water partition coefficient (Wildman–Crippen LogP) is 6.06. The van der Waals surface area contributed by atoms with Gasteiger partial charge in [0.25, 0.3) is 21.8 Å². The fourth-order valence-corrected chi connectivity index (χ4v) is 13.5. The average Bonchev–Trinajstić information content (AvgIpc) is 3.86. The Hall–Kier alpha value is -4.79. The van der Waals surface area contributed by atoms with Crippen LogP contribution in [0.5, 0.6) is 5.75 Å². The van der Waals surface area contributed by atoms with E-state index in [-0.39, 0.29) is 23.1 Å². The average molecular weight is 765 g/mol. The molecular formula is C39H36N6O5S3. The third-order valence-electron chi connectivity index (χ3n) is 10.9. The fourth-order valence-electron chi connectivity index (χ4n) is 8.37. The Morgan fingerprint density at radius 1 is 0.887 bits per heavy atom. The number of fused-ring (bicyclic) bond motifs is 5. The number of methoxy groups -OCH3 is 1. The van der Waals surface area contributed by atoms with Crippen LogP contribution in [0.4, 0.5) is 5.69 Å². The van der Waals surface area contributed by atoms with Gasteiger partial charge in [0.2, 0.25) is 0 Å². The van der Waals surface area contributed by atoms with Gasteiger partial charge in [-0.25, -0.2) is 12.7 Å². The molecule has 5 aromatic rings. The molecule has 53 heavy (non-hydrogen) atoms. The first-order valence-corrected chi connectivity index (χ1v) is 21.1. The lowest BCUT2D eigenvalue weighted by Gasteiger charge is -2.54. The molecule has 14 heteroatoms. The van der Waals surface area contributed by atoms with Crippen LogP contribution in [0, 0.1) is 6.92 Å². The summed E-state index contributed by atoms with van der Waals surface area (Å²) in [4.78, 5) is 31.9. The Morgan fingerprint density at radius 3 is 2.36 bits per heavy atom. The molecule has 11 nitrogen and oxygen atoms in total. The highest BCUT2D eigenvalue weighted by Crippen LogP contribution is 2.69. The van der Waals surface area contributed by atoms with Gasteiger partial charge in [0.15, 0.2) is 10.2 Å². The summed E-state index contributed by atoms with van der Waals surface area (Å²) in [6, 6.07) is 31.5. The molecule has 2 amide bonds. The third-order valence-corrected chi connectivity index (χ3v) is 15.8. The highest BCUT2D eigenvalue weighted by molar-refractivity contribution is 8.78. The maximum Gasteiger partial charge on any atom is 0.266 e. The van der Waals surface area contributed by atoms with Crippen LogP contribution in [0.1, 0.15) is 36.0 Å². The van der Waals surface area contributed by atoms with Gasteiger partial charge in [-0.15, -0.1) is 5.10 Å². The third kappa shape index (κ3) is 5.05. The molecule has 4 atom stereocenters. The topological polar surface area (TPSA) is 118 Å². The monoisotopic (exact) mass is 764 g/mol. The largest absolute Gasteiger partial charge is 0.497 e. The van der Waals surface area contributed by atoms with Crippen molar-refractivity contribution >= 4 is 49.1 Å². The second-order valence-electron chi connectivity index (χ2n) is 13.8. The van der Waals surface area contributed by atoms with Crippen molar-refractivity contribution in [3.8, 4) is 17.0 Å². The van der Waals surface area contributed by atoms with E-state index in [4.69, 9.17) is 4.74 Å². The van der Waals surface area contributed by atoms with Crippen LogP contribution in [-0.2, 0) is 31.6 Å². The molecule has 2 bridgehead atoms. The van der Waals surface area contributed by atoms with E-state index in [0.29, 0.717) is 25.2 Å². The number of ether oxygens (including phenoxy) is 1. The number of hydrogen-bond acceptors (Lipinski definition) is 9. The van der Waals surface area contributed by atoms with Gasteiger partial charge in [0, 0.05) is 25.1 Å². The van der Waals surface area contributed by atoms with Crippen LogP contribution >= 0.6 is 21.6 Å². The molecule has 1 aromatic heterocycles. The summed E-state index contributed by atoms with van der Waals surface area (Å²) in [5.41, 5.74) is 3.95. The fraction of sp³-hybridized carbons (Fsp3) is 0.282. The Morgan fingerprint density at radius 2 is 1.60 bits per heavy atom. The first kappa shape index (κ1) is 34.0. The number of piperazine rings is 1. The number of aryl methyl sites for hydroxylation is 2. The standard InChI is InChI=1S/C39H36N6O5S3/c1-26-14-18-28(19-15-26)38-25-39-37(47)43(23-9-8-22-42-24-32(40-41-42)27-16-20-29(50-2)21-17-27)35(51-52-39)34(46)44(39)36(38)45(33-13-7-6-12-31(33)38)53(48,49)30-10-4-3-5-11-30/h3-7,10-21,24,35-36H,8-9,22-23,25H2,1-2H3/t35-,36-,38-,39-/m0/s1. The number of benzene rings is 4. The smallest absolute Gasteiger partial charge is 0.266 e. The number of amides is 2. The lowest BCUT2D eigenvalue weighted by Crippen LogP contribution is -2.72. The summed E-state index contributed by atoms with van der Waals surface area (Å²) in [6.07, 6.45) is 2.53. The number of sulfonamides is 1. The lowest BCUT2D eigenvalue weighted by atomic mass is 9.72. The molecule has 0 saturated carbocycles. The van der Waals surface area contributed by atoms with E-state index in [1.54, 1.807) is 51.9 Å². The second kappa shape index (κ2) is 12.7. The maximum atomic E-state index is 14.9. The summed E-state index contributed by atoms with van der Waals surface area (Å²) in [7, 11) is 0.266. The molecule has 10 rings (SSSR count). The van der Waals surface area contributed by atoms with Gasteiger partial charge < -0.3 is 9.64 Å². The van der Waals surface area contributed by atoms with Crippen LogP contribution in [0.3, 0.4) is 0 Å². The van der Waals surface area contributed by atoms with Crippen LogP contribution in [0.2, 0.25) is 0 Å². The van der Waals surface area contributed by atoms with Gasteiger partial charge in [0.1, 0.15) is 17.6 Å². The molecule has 6 heterocycles. The minimum absolute atomic E-state index is 0.128. The van der Waals surface area contributed by atoms with Crippen molar-refractivity contribution in [1.82, 2.24) is 24.8 Å². The summed E-state index contributed by atoms with van der Waals surface area (Å²) in [5, 5.41) is 7.85. The Balaban J connectivity index is 1.04.